The van der Waals surface area contributed by atoms with E-state index in [1.165, 1.54) is 6.08 Å². The van der Waals surface area contributed by atoms with Crippen molar-refractivity contribution in [2.75, 3.05) is 13.2 Å². The molecule has 0 spiro atoms. The molecule has 0 aromatic heterocycles. The third-order valence-corrected chi connectivity index (χ3v) is 7.67. The summed E-state index contributed by atoms with van der Waals surface area (Å²) in [6.07, 6.45) is -2.37. The number of aliphatic imine (C=N–C) groups is 1. The van der Waals surface area contributed by atoms with Crippen LogP contribution in [0.15, 0.2) is 16.6 Å². The van der Waals surface area contributed by atoms with E-state index in [9.17, 15) is 33.6 Å². The van der Waals surface area contributed by atoms with Crippen LogP contribution in [-0.2, 0) is 36.4 Å². The predicted octanol–water partition coefficient (Wildman–Crippen LogP) is -1.72. The van der Waals surface area contributed by atoms with Gasteiger partial charge in [0.2, 0.25) is 0 Å². The number of carbonyl (C=O) groups is 1. The Labute approximate surface area is 168 Å². The standard InChI is InChI=1S/C11H19N2O14P3/c12-10-5(3-14)1-6(11(16)13-10)8-2-7(15)9(25-8)4-24-29(20,21)27-30(22,23)26-28(17,18)19/h1,6-9,14-15H,2-4H2,(H,20,21)(H,22,23)(H2,12,13,16)(H2,17,18,19). The van der Waals surface area contributed by atoms with Gasteiger partial charge in [0.25, 0.3) is 5.91 Å². The van der Waals surface area contributed by atoms with E-state index < -0.39 is 66.8 Å². The molecule has 30 heavy (non-hydrogen) atoms. The number of phosphoric acid groups is 3. The molecule has 172 valence electrons. The number of hydrogen-bond donors (Lipinski definition) is 7. The highest BCUT2D eigenvalue weighted by atomic mass is 31.3. The lowest BCUT2D eigenvalue weighted by molar-refractivity contribution is -0.125. The van der Waals surface area contributed by atoms with Crippen LogP contribution in [0, 0.1) is 5.92 Å². The van der Waals surface area contributed by atoms with Crippen molar-refractivity contribution in [2.45, 2.75) is 24.7 Å². The molecule has 1 saturated heterocycles. The Hall–Kier alpha value is -0.830. The monoisotopic (exact) mass is 496 g/mol. The number of aliphatic hydroxyl groups excluding tert-OH is 2. The molecule has 0 aromatic rings. The van der Waals surface area contributed by atoms with Crippen molar-refractivity contribution < 1.29 is 66.2 Å². The van der Waals surface area contributed by atoms with E-state index in [0.29, 0.717) is 0 Å². The number of nitrogens with zero attached hydrogens (tertiary/aromatic N) is 1. The van der Waals surface area contributed by atoms with Gasteiger partial charge in [-0.25, -0.2) is 13.7 Å². The summed E-state index contributed by atoms with van der Waals surface area (Å²) >= 11 is 0. The van der Waals surface area contributed by atoms with E-state index >= 15 is 0 Å². The molecule has 16 nitrogen and oxygen atoms in total. The second-order valence-electron chi connectivity index (χ2n) is 6.11. The fourth-order valence-electron chi connectivity index (χ4n) is 2.65. The molecule has 1 fully saturated rings. The number of nitrogens with two attached hydrogens (primary N) is 1. The van der Waals surface area contributed by atoms with Gasteiger partial charge in [0.05, 0.1) is 31.3 Å². The Balaban J connectivity index is 1.98. The van der Waals surface area contributed by atoms with Gasteiger partial charge in [-0.2, -0.15) is 13.6 Å². The number of carbonyl (C=O) groups excluding carboxylic acids is 1. The van der Waals surface area contributed by atoms with E-state index in [-0.39, 0.29) is 17.8 Å². The fraction of sp³-hybridized carbons (Fsp3) is 0.636. The minimum absolute atomic E-state index is 0.133. The van der Waals surface area contributed by atoms with Gasteiger partial charge in [-0.15, -0.1) is 0 Å². The van der Waals surface area contributed by atoms with E-state index in [2.05, 4.69) is 18.1 Å². The summed E-state index contributed by atoms with van der Waals surface area (Å²) in [5.74, 6) is -1.87. The van der Waals surface area contributed by atoms with Gasteiger partial charge in [-0.3, -0.25) is 9.32 Å². The van der Waals surface area contributed by atoms with Crippen LogP contribution in [0.3, 0.4) is 0 Å². The summed E-state index contributed by atoms with van der Waals surface area (Å²) in [5, 5.41) is 19.3. The summed E-state index contributed by atoms with van der Waals surface area (Å²) in [7, 11) is -16.6. The van der Waals surface area contributed by atoms with Crippen molar-refractivity contribution in [1.82, 2.24) is 0 Å². The first kappa shape index (κ1) is 25.4. The summed E-state index contributed by atoms with van der Waals surface area (Å²) in [4.78, 5) is 51.0. The summed E-state index contributed by atoms with van der Waals surface area (Å²) in [6, 6.07) is 0. The SMILES string of the molecule is NC1=NC(=O)C(C2CC(O)C(COP(=O)(O)OP(=O)(O)OP(=O)(O)O)O2)C=C1CO. The molecule has 0 bridgehead atoms. The van der Waals surface area contributed by atoms with Crippen molar-refractivity contribution in [3.63, 3.8) is 0 Å². The molecule has 2 rings (SSSR count). The zero-order valence-electron chi connectivity index (χ0n) is 14.8. The molecule has 0 saturated carbocycles. The number of aliphatic hydroxyl groups is 2. The third kappa shape index (κ3) is 7.11. The molecule has 6 unspecified atom stereocenters. The molecule has 0 aliphatic carbocycles. The third-order valence-electron chi connectivity index (χ3n) is 3.87. The molecule has 1 amide bonds. The van der Waals surface area contributed by atoms with Gasteiger partial charge < -0.3 is 40.3 Å². The zero-order chi connectivity index (χ0) is 22.9. The number of phosphoric ester groups is 1. The minimum Gasteiger partial charge on any atom is -0.392 e. The predicted molar refractivity (Wildman–Crippen MR) is 94.4 cm³/mol. The molecule has 6 atom stereocenters. The van der Waals surface area contributed by atoms with E-state index in [0.717, 1.165) is 0 Å². The maximum Gasteiger partial charge on any atom is 0.490 e. The van der Waals surface area contributed by atoms with E-state index in [1.807, 2.05) is 0 Å². The molecular weight excluding hydrogens is 477 g/mol. The highest BCUT2D eigenvalue weighted by Gasteiger charge is 2.44. The number of ether oxygens (including phenoxy) is 1. The Morgan fingerprint density at radius 3 is 2.37 bits per heavy atom. The molecular formula is C11H19N2O14P3. The van der Waals surface area contributed by atoms with Crippen molar-refractivity contribution in [3.05, 3.63) is 11.6 Å². The lowest BCUT2D eigenvalue weighted by Crippen LogP contribution is -2.34. The van der Waals surface area contributed by atoms with E-state index in [1.54, 1.807) is 0 Å². The first-order valence-electron chi connectivity index (χ1n) is 7.94. The second-order valence-corrected chi connectivity index (χ2v) is 10.5. The quantitative estimate of drug-likeness (QED) is 0.175. The van der Waals surface area contributed by atoms with Gasteiger partial charge in [-0.05, 0) is 0 Å². The van der Waals surface area contributed by atoms with Crippen LogP contribution in [0.1, 0.15) is 6.42 Å². The molecule has 0 radical (unpaired) electrons. The average Bonchev–Trinajstić information content (AvgIpc) is 2.90. The van der Waals surface area contributed by atoms with Crippen LogP contribution in [-0.4, -0.2) is 73.1 Å². The summed E-state index contributed by atoms with van der Waals surface area (Å²) in [5.41, 5.74) is 5.67. The lowest BCUT2D eigenvalue weighted by atomic mass is 9.93. The Bertz CT molecular complexity index is 882. The van der Waals surface area contributed by atoms with Gasteiger partial charge in [0.1, 0.15) is 11.9 Å². The van der Waals surface area contributed by atoms with Crippen LogP contribution in [0.25, 0.3) is 0 Å². The molecule has 2 aliphatic heterocycles. The highest BCUT2D eigenvalue weighted by molar-refractivity contribution is 7.66. The summed E-state index contributed by atoms with van der Waals surface area (Å²) < 4.78 is 50.5. The number of hydrogen-bond acceptors (Lipinski definition) is 11. The van der Waals surface area contributed by atoms with Crippen LogP contribution >= 0.6 is 23.5 Å². The number of rotatable bonds is 9. The molecule has 2 heterocycles. The van der Waals surface area contributed by atoms with Gasteiger partial charge >= 0.3 is 23.5 Å². The topological polar surface area (TPSA) is 265 Å². The Kier molecular flexibility index (Phi) is 7.92. The first-order valence-corrected chi connectivity index (χ1v) is 12.5. The minimum atomic E-state index is -5.68. The van der Waals surface area contributed by atoms with Crippen molar-refractivity contribution in [3.8, 4) is 0 Å². The van der Waals surface area contributed by atoms with Crippen molar-refractivity contribution in [1.29, 1.82) is 0 Å². The van der Waals surface area contributed by atoms with Crippen molar-refractivity contribution in [2.24, 2.45) is 16.6 Å². The number of dihydropyridines is 1. The maximum atomic E-state index is 12.0. The molecule has 2 aliphatic rings. The normalized spacial score (nSPS) is 31.6. The van der Waals surface area contributed by atoms with Gasteiger partial charge in [0.15, 0.2) is 0 Å². The second kappa shape index (κ2) is 9.35. The van der Waals surface area contributed by atoms with Gasteiger partial charge in [-0.1, -0.05) is 6.08 Å². The number of amidine groups is 1. The van der Waals surface area contributed by atoms with Crippen molar-refractivity contribution >= 4 is 35.2 Å². The van der Waals surface area contributed by atoms with Crippen LogP contribution < -0.4 is 5.73 Å². The van der Waals surface area contributed by atoms with E-state index in [4.69, 9.17) is 25.2 Å². The highest BCUT2D eigenvalue weighted by Crippen LogP contribution is 2.66. The van der Waals surface area contributed by atoms with Crippen LogP contribution in [0.4, 0.5) is 0 Å². The molecule has 8 N–H and O–H groups in total. The smallest absolute Gasteiger partial charge is 0.392 e. The number of amides is 1. The zero-order valence-corrected chi connectivity index (χ0v) is 17.5. The average molecular weight is 496 g/mol. The Morgan fingerprint density at radius 1 is 1.17 bits per heavy atom. The lowest BCUT2D eigenvalue weighted by Gasteiger charge is -2.22. The first-order chi connectivity index (χ1) is 13.6. The van der Waals surface area contributed by atoms with Crippen LogP contribution in [0.2, 0.25) is 0 Å². The van der Waals surface area contributed by atoms with Gasteiger partial charge in [0, 0.05) is 12.0 Å². The summed E-state index contributed by atoms with van der Waals surface area (Å²) in [6.45, 7) is -1.37. The largest absolute Gasteiger partial charge is 0.490 e. The Morgan fingerprint density at radius 2 is 1.80 bits per heavy atom. The fourth-order valence-corrected chi connectivity index (χ4v) is 5.68. The molecule has 19 heteroatoms. The maximum absolute atomic E-state index is 12.0. The van der Waals surface area contributed by atoms with Crippen LogP contribution in [0.5, 0.6) is 0 Å². The molecule has 0 aromatic carbocycles.